The van der Waals surface area contributed by atoms with Gasteiger partial charge in [0.25, 0.3) is 0 Å². The monoisotopic (exact) mass is 304 g/mol. The van der Waals surface area contributed by atoms with E-state index in [0.29, 0.717) is 10.7 Å². The molecule has 0 atom stereocenters. The summed E-state index contributed by atoms with van der Waals surface area (Å²) in [5, 5.41) is 11.6. The molecule has 0 bridgehead atoms. The van der Waals surface area contributed by atoms with E-state index in [0.717, 1.165) is 35.7 Å². The number of carbonyl (C=O) groups excluding carboxylic acids is 1. The second-order valence-electron chi connectivity index (χ2n) is 4.80. The molecule has 1 aromatic carbocycles. The van der Waals surface area contributed by atoms with Gasteiger partial charge in [0.05, 0.1) is 23.1 Å². The third-order valence-electron chi connectivity index (χ3n) is 3.10. The zero-order valence-corrected chi connectivity index (χ0v) is 13.0. The standard InChI is InChI=1S/C16H19NO3S/c1-3-4-5-10-20-13-8-6-12(7-9-13)15-17-11(2)14(21-15)16(18)19/h6-9H,3-5,10H2,1-2H3,(H,18,19)/p-1. The van der Waals surface area contributed by atoms with Gasteiger partial charge < -0.3 is 14.6 Å². The molecule has 0 radical (unpaired) electrons. The van der Waals surface area contributed by atoms with Crippen LogP contribution in [0.3, 0.4) is 0 Å². The summed E-state index contributed by atoms with van der Waals surface area (Å²) in [5.41, 5.74) is 1.38. The molecule has 0 saturated heterocycles. The predicted molar refractivity (Wildman–Crippen MR) is 81.6 cm³/mol. The Labute approximate surface area is 128 Å². The molecule has 21 heavy (non-hydrogen) atoms. The van der Waals surface area contributed by atoms with Gasteiger partial charge in [-0.2, -0.15) is 0 Å². The highest BCUT2D eigenvalue weighted by molar-refractivity contribution is 7.17. The van der Waals surface area contributed by atoms with E-state index in [-0.39, 0.29) is 4.88 Å². The molecule has 1 aromatic heterocycles. The Bertz CT molecular complexity index is 604. The first kappa shape index (κ1) is 15.5. The van der Waals surface area contributed by atoms with Crippen molar-refractivity contribution in [2.45, 2.75) is 33.1 Å². The van der Waals surface area contributed by atoms with Gasteiger partial charge in [-0.05, 0) is 37.6 Å². The average Bonchev–Trinajstić information content (AvgIpc) is 2.86. The van der Waals surface area contributed by atoms with Gasteiger partial charge in [-0.1, -0.05) is 19.8 Å². The number of aromatic nitrogens is 1. The van der Waals surface area contributed by atoms with Crippen LogP contribution in [0.25, 0.3) is 10.6 Å². The largest absolute Gasteiger partial charge is 0.544 e. The van der Waals surface area contributed by atoms with E-state index < -0.39 is 5.97 Å². The summed E-state index contributed by atoms with van der Waals surface area (Å²) < 4.78 is 5.64. The maximum atomic E-state index is 10.9. The molecule has 2 rings (SSSR count). The topological polar surface area (TPSA) is 62.2 Å². The molecule has 0 saturated carbocycles. The van der Waals surface area contributed by atoms with E-state index in [4.69, 9.17) is 4.74 Å². The Hall–Kier alpha value is -1.88. The van der Waals surface area contributed by atoms with Crippen molar-refractivity contribution in [2.75, 3.05) is 6.61 Å². The minimum atomic E-state index is -1.17. The van der Waals surface area contributed by atoms with Gasteiger partial charge in [-0.15, -0.1) is 11.3 Å². The molecule has 4 nitrogen and oxygen atoms in total. The van der Waals surface area contributed by atoms with Crippen LogP contribution in [0, 0.1) is 6.92 Å². The molecule has 0 unspecified atom stereocenters. The summed E-state index contributed by atoms with van der Waals surface area (Å²) in [4.78, 5) is 15.4. The number of benzene rings is 1. The number of aryl methyl sites for hydroxylation is 1. The van der Waals surface area contributed by atoms with Crippen LogP contribution in [0.1, 0.15) is 41.6 Å². The van der Waals surface area contributed by atoms with Gasteiger partial charge in [-0.3, -0.25) is 0 Å². The molecule has 0 amide bonds. The second kappa shape index (κ2) is 7.22. The van der Waals surface area contributed by atoms with Gasteiger partial charge >= 0.3 is 0 Å². The van der Waals surface area contributed by atoms with Gasteiger partial charge in [-0.25, -0.2) is 4.98 Å². The van der Waals surface area contributed by atoms with Gasteiger partial charge in [0.2, 0.25) is 0 Å². The van der Waals surface area contributed by atoms with Crippen LogP contribution in [0.2, 0.25) is 0 Å². The van der Waals surface area contributed by atoms with Crippen molar-refractivity contribution in [2.24, 2.45) is 0 Å². The zero-order chi connectivity index (χ0) is 15.2. The van der Waals surface area contributed by atoms with Crippen LogP contribution in [-0.2, 0) is 0 Å². The van der Waals surface area contributed by atoms with Crippen molar-refractivity contribution >= 4 is 17.3 Å². The first-order valence-electron chi connectivity index (χ1n) is 7.03. The fourth-order valence-electron chi connectivity index (χ4n) is 1.95. The van der Waals surface area contributed by atoms with Crippen LogP contribution < -0.4 is 9.84 Å². The number of carboxylic acids is 1. The number of aromatic carboxylic acids is 1. The first-order valence-corrected chi connectivity index (χ1v) is 7.85. The Morgan fingerprint density at radius 2 is 2.00 bits per heavy atom. The maximum absolute atomic E-state index is 10.9. The number of hydrogen-bond donors (Lipinski definition) is 0. The van der Waals surface area contributed by atoms with Crippen LogP contribution in [0.15, 0.2) is 24.3 Å². The molecule has 2 aromatic rings. The van der Waals surface area contributed by atoms with E-state index in [1.807, 2.05) is 24.3 Å². The number of nitrogens with zero attached hydrogens (tertiary/aromatic N) is 1. The Kier molecular flexibility index (Phi) is 5.33. The molecule has 0 aliphatic carbocycles. The lowest BCUT2D eigenvalue weighted by Crippen LogP contribution is -2.21. The molecule has 112 valence electrons. The maximum Gasteiger partial charge on any atom is 0.124 e. The van der Waals surface area contributed by atoms with E-state index >= 15 is 0 Å². The number of carboxylic acid groups (broad SMARTS) is 1. The molecule has 0 aliphatic heterocycles. The number of hydrogen-bond acceptors (Lipinski definition) is 5. The van der Waals surface area contributed by atoms with Crippen molar-refractivity contribution in [1.82, 2.24) is 4.98 Å². The number of unbranched alkanes of at least 4 members (excludes halogenated alkanes) is 2. The van der Waals surface area contributed by atoms with Crippen molar-refractivity contribution in [3.8, 4) is 16.3 Å². The summed E-state index contributed by atoms with van der Waals surface area (Å²) in [6.45, 7) is 4.56. The summed E-state index contributed by atoms with van der Waals surface area (Å²) in [6.07, 6.45) is 3.40. The predicted octanol–water partition coefficient (Wildman–Crippen LogP) is 3.05. The molecule has 5 heteroatoms. The van der Waals surface area contributed by atoms with E-state index in [9.17, 15) is 9.90 Å². The lowest BCUT2D eigenvalue weighted by Gasteiger charge is -2.06. The lowest BCUT2D eigenvalue weighted by molar-refractivity contribution is -0.254. The van der Waals surface area contributed by atoms with E-state index in [1.165, 1.54) is 12.8 Å². The van der Waals surface area contributed by atoms with Crippen molar-refractivity contribution < 1.29 is 14.6 Å². The van der Waals surface area contributed by atoms with Crippen LogP contribution in [-0.4, -0.2) is 17.6 Å². The number of carbonyl (C=O) groups is 1. The van der Waals surface area contributed by atoms with Crippen molar-refractivity contribution in [3.63, 3.8) is 0 Å². The minimum absolute atomic E-state index is 0.185. The summed E-state index contributed by atoms with van der Waals surface area (Å²) >= 11 is 1.14. The molecular formula is C16H18NO3S-. The molecule has 1 heterocycles. The van der Waals surface area contributed by atoms with E-state index in [1.54, 1.807) is 6.92 Å². The van der Waals surface area contributed by atoms with Gasteiger partial charge in [0.15, 0.2) is 0 Å². The Morgan fingerprint density at radius 3 is 2.57 bits per heavy atom. The Balaban J connectivity index is 2.05. The van der Waals surface area contributed by atoms with Crippen LogP contribution in [0.4, 0.5) is 0 Å². The summed E-state index contributed by atoms with van der Waals surface area (Å²) in [6, 6.07) is 7.56. The highest BCUT2D eigenvalue weighted by Gasteiger charge is 2.10. The normalized spacial score (nSPS) is 10.6. The molecule has 0 spiro atoms. The molecule has 0 fully saturated rings. The second-order valence-corrected chi connectivity index (χ2v) is 5.80. The summed E-state index contributed by atoms with van der Waals surface area (Å²) in [7, 11) is 0. The third kappa shape index (κ3) is 4.04. The van der Waals surface area contributed by atoms with Crippen LogP contribution >= 0.6 is 11.3 Å². The smallest absolute Gasteiger partial charge is 0.124 e. The lowest BCUT2D eigenvalue weighted by atomic mass is 10.2. The number of thiazole rings is 1. The average molecular weight is 304 g/mol. The SMILES string of the molecule is CCCCCOc1ccc(-c2nc(C)c(C(=O)[O-])s2)cc1. The van der Waals surface area contributed by atoms with Gasteiger partial charge in [0, 0.05) is 5.56 Å². The molecule has 0 N–H and O–H groups in total. The van der Waals surface area contributed by atoms with Crippen LogP contribution in [0.5, 0.6) is 5.75 Å². The van der Waals surface area contributed by atoms with Gasteiger partial charge in [0.1, 0.15) is 10.8 Å². The first-order chi connectivity index (χ1) is 10.1. The molecular weight excluding hydrogens is 286 g/mol. The number of rotatable bonds is 7. The van der Waals surface area contributed by atoms with Crippen molar-refractivity contribution in [3.05, 3.63) is 34.8 Å². The number of ether oxygens (including phenoxy) is 1. The molecule has 0 aliphatic rings. The highest BCUT2D eigenvalue weighted by Crippen LogP contribution is 2.28. The zero-order valence-electron chi connectivity index (χ0n) is 12.2. The quantitative estimate of drug-likeness (QED) is 0.738. The fourth-order valence-corrected chi connectivity index (χ4v) is 2.85. The Morgan fingerprint density at radius 1 is 1.29 bits per heavy atom. The fraction of sp³-hybridized carbons (Fsp3) is 0.375. The minimum Gasteiger partial charge on any atom is -0.544 e. The third-order valence-corrected chi connectivity index (χ3v) is 4.29. The van der Waals surface area contributed by atoms with E-state index in [2.05, 4.69) is 11.9 Å². The highest BCUT2D eigenvalue weighted by atomic mass is 32.1. The summed E-state index contributed by atoms with van der Waals surface area (Å²) in [5.74, 6) is -0.351. The van der Waals surface area contributed by atoms with Crippen molar-refractivity contribution in [1.29, 1.82) is 0 Å².